The molecular weight excluding hydrogens is 228 g/mol. The molecule has 0 radical (unpaired) electrons. The predicted octanol–water partition coefficient (Wildman–Crippen LogP) is 2.03. The highest BCUT2D eigenvalue weighted by Gasteiger charge is 2.41. The number of rotatable bonds is 3. The molecule has 0 aliphatic carbocycles. The molecule has 100 valence electrons. The Bertz CT molecular complexity index is 396. The SMILES string of the molecule is CCc1nccn1CC1CC2(CCOCC2)CO1. The Hall–Kier alpha value is -0.870. The lowest BCUT2D eigenvalue weighted by Crippen LogP contribution is -2.30. The van der Waals surface area contributed by atoms with Crippen LogP contribution >= 0.6 is 0 Å². The molecule has 18 heavy (non-hydrogen) atoms. The third-order valence-corrected chi connectivity index (χ3v) is 4.36. The average Bonchev–Trinajstić information content (AvgIpc) is 2.99. The van der Waals surface area contributed by atoms with Crippen molar-refractivity contribution in [3.63, 3.8) is 0 Å². The van der Waals surface area contributed by atoms with Gasteiger partial charge in [0.1, 0.15) is 5.82 Å². The lowest BCUT2D eigenvalue weighted by atomic mass is 9.78. The van der Waals surface area contributed by atoms with Gasteiger partial charge in [-0.2, -0.15) is 0 Å². The van der Waals surface area contributed by atoms with Crippen LogP contribution in [0.1, 0.15) is 32.0 Å². The summed E-state index contributed by atoms with van der Waals surface area (Å²) in [5.74, 6) is 1.16. The van der Waals surface area contributed by atoms with Gasteiger partial charge in [-0.15, -0.1) is 0 Å². The van der Waals surface area contributed by atoms with Crippen LogP contribution in [0.25, 0.3) is 0 Å². The van der Waals surface area contributed by atoms with Crippen molar-refractivity contribution in [2.45, 2.75) is 45.3 Å². The minimum atomic E-state index is 0.350. The average molecular weight is 250 g/mol. The molecule has 1 aromatic rings. The summed E-state index contributed by atoms with van der Waals surface area (Å²) < 4.78 is 13.7. The quantitative estimate of drug-likeness (QED) is 0.823. The standard InChI is InChI=1S/C14H22N2O2/c1-2-13-15-5-6-16(13)10-12-9-14(11-18-12)3-7-17-8-4-14/h5-6,12H,2-4,7-11H2,1H3. The van der Waals surface area contributed by atoms with Gasteiger partial charge in [0.2, 0.25) is 0 Å². The zero-order chi connectivity index (χ0) is 12.4. The number of hydrogen-bond donors (Lipinski definition) is 0. The minimum Gasteiger partial charge on any atom is -0.381 e. The Morgan fingerprint density at radius 3 is 3.06 bits per heavy atom. The number of imidazole rings is 1. The summed E-state index contributed by atoms with van der Waals surface area (Å²) in [5.41, 5.74) is 0.399. The van der Waals surface area contributed by atoms with Gasteiger partial charge >= 0.3 is 0 Å². The Morgan fingerprint density at radius 1 is 1.44 bits per heavy atom. The Balaban J connectivity index is 1.62. The molecule has 0 N–H and O–H groups in total. The van der Waals surface area contributed by atoms with E-state index in [9.17, 15) is 0 Å². The second-order valence-corrected chi connectivity index (χ2v) is 5.60. The van der Waals surface area contributed by atoms with Crippen LogP contribution in [-0.2, 0) is 22.4 Å². The van der Waals surface area contributed by atoms with E-state index >= 15 is 0 Å². The number of nitrogens with zero attached hydrogens (tertiary/aromatic N) is 2. The molecule has 3 rings (SSSR count). The molecule has 3 heterocycles. The third kappa shape index (κ3) is 2.31. The van der Waals surface area contributed by atoms with Crippen LogP contribution in [0.15, 0.2) is 12.4 Å². The van der Waals surface area contributed by atoms with Gasteiger partial charge in [-0.3, -0.25) is 0 Å². The van der Waals surface area contributed by atoms with E-state index in [1.54, 1.807) is 0 Å². The van der Waals surface area contributed by atoms with Gasteiger partial charge in [-0.05, 0) is 19.3 Å². The van der Waals surface area contributed by atoms with Crippen molar-refractivity contribution in [3.8, 4) is 0 Å². The summed E-state index contributed by atoms with van der Waals surface area (Å²) in [4.78, 5) is 4.37. The highest BCUT2D eigenvalue weighted by molar-refractivity contribution is 4.95. The van der Waals surface area contributed by atoms with Crippen molar-refractivity contribution in [3.05, 3.63) is 18.2 Å². The van der Waals surface area contributed by atoms with Crippen LogP contribution in [0.5, 0.6) is 0 Å². The molecule has 4 nitrogen and oxygen atoms in total. The fraction of sp³-hybridized carbons (Fsp3) is 0.786. The number of ether oxygens (including phenoxy) is 2. The first-order chi connectivity index (χ1) is 8.81. The van der Waals surface area contributed by atoms with Gasteiger partial charge in [0.15, 0.2) is 0 Å². The third-order valence-electron chi connectivity index (χ3n) is 4.36. The predicted molar refractivity (Wildman–Crippen MR) is 68.4 cm³/mol. The molecule has 2 aliphatic heterocycles. The first-order valence-electron chi connectivity index (χ1n) is 7.01. The number of hydrogen-bond acceptors (Lipinski definition) is 3. The molecule has 0 aromatic carbocycles. The molecule has 1 unspecified atom stereocenters. The van der Waals surface area contributed by atoms with E-state index in [-0.39, 0.29) is 0 Å². The lowest BCUT2D eigenvalue weighted by Gasteiger charge is -2.31. The number of aryl methyl sites for hydroxylation is 1. The van der Waals surface area contributed by atoms with Crippen LogP contribution in [0, 0.1) is 5.41 Å². The first kappa shape index (κ1) is 12.2. The van der Waals surface area contributed by atoms with E-state index in [0.717, 1.165) is 51.5 Å². The summed E-state index contributed by atoms with van der Waals surface area (Å²) in [6.45, 7) is 5.82. The molecule has 0 amide bonds. The van der Waals surface area contributed by atoms with Gasteiger partial charge in [0.25, 0.3) is 0 Å². The Kier molecular flexibility index (Phi) is 3.39. The van der Waals surface area contributed by atoms with E-state index in [4.69, 9.17) is 9.47 Å². The zero-order valence-electron chi connectivity index (χ0n) is 11.1. The van der Waals surface area contributed by atoms with Crippen LogP contribution in [0.3, 0.4) is 0 Å². The molecule has 2 saturated heterocycles. The molecule has 2 fully saturated rings. The lowest BCUT2D eigenvalue weighted by molar-refractivity contribution is 0.00644. The summed E-state index contributed by atoms with van der Waals surface area (Å²) in [7, 11) is 0. The van der Waals surface area contributed by atoms with Crippen molar-refractivity contribution in [2.75, 3.05) is 19.8 Å². The van der Waals surface area contributed by atoms with Crippen LogP contribution < -0.4 is 0 Å². The van der Waals surface area contributed by atoms with Gasteiger partial charge in [-0.1, -0.05) is 6.92 Å². The second-order valence-electron chi connectivity index (χ2n) is 5.60. The van der Waals surface area contributed by atoms with Crippen molar-refractivity contribution < 1.29 is 9.47 Å². The molecule has 4 heteroatoms. The topological polar surface area (TPSA) is 36.3 Å². The molecule has 1 atom stereocenters. The van der Waals surface area contributed by atoms with Gasteiger partial charge in [0.05, 0.1) is 19.3 Å². The van der Waals surface area contributed by atoms with E-state index in [1.807, 2.05) is 6.20 Å². The second kappa shape index (κ2) is 5.02. The molecule has 2 aliphatic rings. The molecule has 0 saturated carbocycles. The normalized spacial score (nSPS) is 26.8. The maximum Gasteiger partial charge on any atom is 0.108 e. The molecular formula is C14H22N2O2. The number of aromatic nitrogens is 2. The van der Waals surface area contributed by atoms with E-state index in [1.165, 1.54) is 6.42 Å². The zero-order valence-corrected chi connectivity index (χ0v) is 11.1. The Labute approximate surface area is 108 Å². The van der Waals surface area contributed by atoms with E-state index < -0.39 is 0 Å². The van der Waals surface area contributed by atoms with Crippen molar-refractivity contribution >= 4 is 0 Å². The summed E-state index contributed by atoms with van der Waals surface area (Å²) in [5, 5.41) is 0. The Morgan fingerprint density at radius 2 is 2.28 bits per heavy atom. The van der Waals surface area contributed by atoms with E-state index in [2.05, 4.69) is 22.7 Å². The highest BCUT2D eigenvalue weighted by Crippen LogP contribution is 2.41. The van der Waals surface area contributed by atoms with Crippen LogP contribution in [0.2, 0.25) is 0 Å². The first-order valence-corrected chi connectivity index (χ1v) is 7.01. The smallest absolute Gasteiger partial charge is 0.108 e. The monoisotopic (exact) mass is 250 g/mol. The van der Waals surface area contributed by atoms with Crippen LogP contribution in [-0.4, -0.2) is 35.5 Å². The van der Waals surface area contributed by atoms with E-state index in [0.29, 0.717) is 11.5 Å². The summed E-state index contributed by atoms with van der Waals surface area (Å²) >= 11 is 0. The summed E-state index contributed by atoms with van der Waals surface area (Å²) in [6.07, 6.45) is 8.79. The fourth-order valence-electron chi connectivity index (χ4n) is 3.21. The van der Waals surface area contributed by atoms with Crippen molar-refractivity contribution in [2.24, 2.45) is 5.41 Å². The fourth-order valence-corrected chi connectivity index (χ4v) is 3.21. The van der Waals surface area contributed by atoms with Gasteiger partial charge in [-0.25, -0.2) is 4.98 Å². The van der Waals surface area contributed by atoms with Gasteiger partial charge in [0, 0.05) is 37.4 Å². The largest absolute Gasteiger partial charge is 0.381 e. The van der Waals surface area contributed by atoms with Crippen molar-refractivity contribution in [1.82, 2.24) is 9.55 Å². The maximum atomic E-state index is 6.01. The van der Waals surface area contributed by atoms with Crippen LogP contribution in [0.4, 0.5) is 0 Å². The maximum absolute atomic E-state index is 6.01. The minimum absolute atomic E-state index is 0.350. The molecule has 0 bridgehead atoms. The summed E-state index contributed by atoms with van der Waals surface area (Å²) in [6, 6.07) is 0. The highest BCUT2D eigenvalue weighted by atomic mass is 16.5. The molecule has 1 aromatic heterocycles. The van der Waals surface area contributed by atoms with Crippen molar-refractivity contribution in [1.29, 1.82) is 0 Å². The van der Waals surface area contributed by atoms with Gasteiger partial charge < -0.3 is 14.0 Å². The molecule has 1 spiro atoms.